The molecule has 0 radical (unpaired) electrons. The maximum atomic E-state index is 11.9. The molecule has 42 heavy (non-hydrogen) atoms. The average molecular weight is 588 g/mol. The van der Waals surface area contributed by atoms with Crippen molar-refractivity contribution < 1.29 is 4.79 Å². The second-order valence-electron chi connectivity index (χ2n) is 10.3. The molecule has 1 aliphatic carbocycles. The molecule has 6 nitrogen and oxygen atoms in total. The minimum atomic E-state index is 0.299. The van der Waals surface area contributed by atoms with Crippen LogP contribution in [-0.4, -0.2) is 40.4 Å². The predicted molar refractivity (Wildman–Crippen MR) is 187 cm³/mol. The quantitative estimate of drug-likeness (QED) is 0.158. The Bertz CT molecular complexity index is 819. The molecule has 0 aromatic carbocycles. The number of piperidine rings is 1. The first kappa shape index (κ1) is 41.8. The van der Waals surface area contributed by atoms with Gasteiger partial charge in [-0.05, 0) is 56.4 Å². The maximum Gasteiger partial charge on any atom is 0.229 e. The maximum absolute atomic E-state index is 11.9. The Labute approximate surface area is 261 Å². The zero-order valence-corrected chi connectivity index (χ0v) is 29.5. The largest absolute Gasteiger partial charge is 0.370 e. The van der Waals surface area contributed by atoms with Crippen molar-refractivity contribution in [3.63, 3.8) is 0 Å². The number of aromatic nitrogens is 2. The van der Waals surface area contributed by atoms with Crippen LogP contribution in [0, 0.1) is 5.92 Å². The van der Waals surface area contributed by atoms with Gasteiger partial charge in [-0.1, -0.05) is 114 Å². The zero-order chi connectivity index (χ0) is 32.2. The van der Waals surface area contributed by atoms with Crippen LogP contribution in [0.2, 0.25) is 0 Å². The zero-order valence-electron chi connectivity index (χ0n) is 29.5. The molecule has 2 aliphatic rings. The molecule has 1 saturated carbocycles. The number of anilines is 2. The van der Waals surface area contributed by atoms with E-state index in [4.69, 9.17) is 4.98 Å². The van der Waals surface area contributed by atoms with Gasteiger partial charge in [-0.15, -0.1) is 0 Å². The molecule has 2 heterocycles. The van der Waals surface area contributed by atoms with Gasteiger partial charge in [0.2, 0.25) is 11.9 Å². The summed E-state index contributed by atoms with van der Waals surface area (Å²) in [7, 11) is 0. The molecule has 6 heteroatoms. The Kier molecular flexibility index (Phi) is 28.6. The average Bonchev–Trinajstić information content (AvgIpc) is 3.88. The third kappa shape index (κ3) is 18.9. The van der Waals surface area contributed by atoms with Crippen LogP contribution in [0.1, 0.15) is 158 Å². The number of carbonyl (C=O) groups is 1. The first-order valence-corrected chi connectivity index (χ1v) is 17.5. The van der Waals surface area contributed by atoms with Crippen molar-refractivity contribution in [3.8, 4) is 0 Å². The Morgan fingerprint density at radius 2 is 1.74 bits per heavy atom. The Balaban J connectivity index is 0. The van der Waals surface area contributed by atoms with Crippen molar-refractivity contribution in [2.45, 2.75) is 152 Å². The van der Waals surface area contributed by atoms with E-state index in [9.17, 15) is 4.79 Å². The molecule has 0 spiro atoms. The summed E-state index contributed by atoms with van der Waals surface area (Å²) in [5, 5.41) is 6.71. The Morgan fingerprint density at radius 1 is 1.05 bits per heavy atom. The third-order valence-electron chi connectivity index (χ3n) is 6.88. The van der Waals surface area contributed by atoms with Gasteiger partial charge in [-0.2, -0.15) is 4.98 Å². The van der Waals surface area contributed by atoms with Gasteiger partial charge in [0.25, 0.3) is 0 Å². The summed E-state index contributed by atoms with van der Waals surface area (Å²) >= 11 is 0. The number of likely N-dealkylation sites (tertiary alicyclic amines) is 1. The molecule has 1 unspecified atom stereocenters. The summed E-state index contributed by atoms with van der Waals surface area (Å²) in [6, 6.07) is 0. The van der Waals surface area contributed by atoms with Crippen molar-refractivity contribution >= 4 is 17.7 Å². The van der Waals surface area contributed by atoms with E-state index in [-0.39, 0.29) is 0 Å². The van der Waals surface area contributed by atoms with Gasteiger partial charge in [0.15, 0.2) is 0 Å². The van der Waals surface area contributed by atoms with Crippen LogP contribution in [0.3, 0.4) is 0 Å². The summed E-state index contributed by atoms with van der Waals surface area (Å²) in [6.07, 6.45) is 19.9. The third-order valence-corrected chi connectivity index (χ3v) is 6.88. The SMILES string of the molecule is C=C/C(=C\CC)Nc1ncc(C2CC2)c(NCCCN2CCCCC2=O)n1.CC.CC.CC.CCCCC(C)CCC. The Morgan fingerprint density at radius 3 is 2.29 bits per heavy atom. The topological polar surface area (TPSA) is 70.2 Å². The number of nitrogens with one attached hydrogen (secondary N) is 2. The normalized spacial score (nSPS) is 14.8. The van der Waals surface area contributed by atoms with E-state index < -0.39 is 0 Å². The van der Waals surface area contributed by atoms with Gasteiger partial charge in [0.1, 0.15) is 5.82 Å². The lowest BCUT2D eigenvalue weighted by Crippen LogP contribution is -2.36. The van der Waals surface area contributed by atoms with Crippen LogP contribution in [-0.2, 0) is 4.79 Å². The monoisotopic (exact) mass is 588 g/mol. The summed E-state index contributed by atoms with van der Waals surface area (Å²) < 4.78 is 0. The van der Waals surface area contributed by atoms with E-state index in [2.05, 4.69) is 56.0 Å². The van der Waals surface area contributed by atoms with E-state index in [1.807, 2.05) is 52.6 Å². The van der Waals surface area contributed by atoms with Crippen molar-refractivity contribution in [2.75, 3.05) is 30.3 Å². The van der Waals surface area contributed by atoms with E-state index in [1.54, 1.807) is 6.08 Å². The summed E-state index contributed by atoms with van der Waals surface area (Å²) in [5.41, 5.74) is 2.13. The highest BCUT2D eigenvalue weighted by Gasteiger charge is 2.27. The van der Waals surface area contributed by atoms with Gasteiger partial charge in [-0.25, -0.2) is 4.98 Å². The molecule has 1 amide bonds. The molecule has 3 rings (SSSR count). The Hall–Kier alpha value is -2.37. The molecule has 244 valence electrons. The van der Waals surface area contributed by atoms with Crippen molar-refractivity contribution in [3.05, 3.63) is 36.2 Å². The van der Waals surface area contributed by atoms with Crippen LogP contribution in [0.15, 0.2) is 30.6 Å². The molecule has 1 saturated heterocycles. The highest BCUT2D eigenvalue weighted by atomic mass is 16.2. The number of hydrogen-bond acceptors (Lipinski definition) is 5. The number of allylic oxidation sites excluding steroid dienone is 2. The molecule has 2 N–H and O–H groups in total. The fourth-order valence-electron chi connectivity index (χ4n) is 4.59. The first-order chi connectivity index (χ1) is 20.5. The molecule has 1 aromatic heterocycles. The smallest absolute Gasteiger partial charge is 0.229 e. The van der Waals surface area contributed by atoms with E-state index in [1.165, 1.54) is 50.5 Å². The summed E-state index contributed by atoms with van der Waals surface area (Å²) in [6.45, 7) is 27.3. The minimum Gasteiger partial charge on any atom is -0.370 e. The minimum absolute atomic E-state index is 0.299. The molecule has 1 aliphatic heterocycles. The van der Waals surface area contributed by atoms with Crippen LogP contribution < -0.4 is 10.6 Å². The highest BCUT2D eigenvalue weighted by molar-refractivity contribution is 5.76. The van der Waals surface area contributed by atoms with Gasteiger partial charge < -0.3 is 15.5 Å². The lowest BCUT2D eigenvalue weighted by Gasteiger charge is -2.26. The molecular formula is C36H69N5O. The van der Waals surface area contributed by atoms with Gasteiger partial charge in [-0.3, -0.25) is 4.79 Å². The second-order valence-corrected chi connectivity index (χ2v) is 10.3. The number of unbranched alkanes of at least 4 members (excludes halogenated alkanes) is 1. The van der Waals surface area contributed by atoms with Crippen molar-refractivity contribution in [2.24, 2.45) is 5.92 Å². The number of amides is 1. The fraction of sp³-hybridized carbons (Fsp3) is 0.750. The fourth-order valence-corrected chi connectivity index (χ4v) is 4.59. The molecule has 0 bridgehead atoms. The molecular weight excluding hydrogens is 518 g/mol. The van der Waals surface area contributed by atoms with E-state index in [0.29, 0.717) is 24.2 Å². The van der Waals surface area contributed by atoms with Crippen LogP contribution in [0.5, 0.6) is 0 Å². The lowest BCUT2D eigenvalue weighted by molar-refractivity contribution is -0.133. The van der Waals surface area contributed by atoms with Gasteiger partial charge >= 0.3 is 0 Å². The molecule has 1 atom stereocenters. The van der Waals surface area contributed by atoms with Crippen molar-refractivity contribution in [1.82, 2.24) is 14.9 Å². The summed E-state index contributed by atoms with van der Waals surface area (Å²) in [5.74, 6) is 3.35. The van der Waals surface area contributed by atoms with Gasteiger partial charge in [0.05, 0.1) is 0 Å². The molecule has 2 fully saturated rings. The number of carbonyl (C=O) groups excluding carboxylic acids is 1. The summed E-state index contributed by atoms with van der Waals surface area (Å²) in [4.78, 5) is 23.1. The highest BCUT2D eigenvalue weighted by Crippen LogP contribution is 2.42. The van der Waals surface area contributed by atoms with E-state index in [0.717, 1.165) is 62.8 Å². The number of nitrogens with zero attached hydrogens (tertiary/aromatic N) is 3. The standard InChI is InChI=1S/C21H31N5O.C9H20.3C2H6/c1-3-8-17(4-2)24-21-23-15-18(16-10-11-16)20(25-21)22-12-7-14-26-13-6-5-9-19(26)27;1-4-6-8-9(3)7-5-2;3*1-2/h4,8,15-16H,2-3,5-7,9-14H2,1H3,(H2,22,23,24,25);9H,4-8H2,1-3H3;3*1-2H3/b17-8+;;;;. The number of hydrogen-bond donors (Lipinski definition) is 2. The van der Waals surface area contributed by atoms with E-state index >= 15 is 0 Å². The predicted octanol–water partition coefficient (Wildman–Crippen LogP) is 10.8. The van der Waals surface area contributed by atoms with Crippen molar-refractivity contribution in [1.29, 1.82) is 0 Å². The van der Waals surface area contributed by atoms with Crippen LogP contribution >= 0.6 is 0 Å². The molecule has 1 aromatic rings. The van der Waals surface area contributed by atoms with Crippen LogP contribution in [0.25, 0.3) is 0 Å². The number of rotatable bonds is 15. The first-order valence-electron chi connectivity index (χ1n) is 17.5. The second kappa shape index (κ2) is 28.7. The lowest BCUT2D eigenvalue weighted by atomic mass is 10.00. The van der Waals surface area contributed by atoms with Gasteiger partial charge in [0, 0.05) is 43.5 Å². The van der Waals surface area contributed by atoms with Crippen LogP contribution in [0.4, 0.5) is 11.8 Å².